The number of hydrogen-bond acceptors (Lipinski definition) is 0. The fourth-order valence-corrected chi connectivity index (χ4v) is 1.57. The van der Waals surface area contributed by atoms with Crippen LogP contribution in [0.15, 0.2) is 18.2 Å². The first-order valence-electron chi connectivity index (χ1n) is 6.63. The molecule has 0 aliphatic carbocycles. The molecule has 0 fully saturated rings. The van der Waals surface area contributed by atoms with E-state index in [2.05, 4.69) is 32.1 Å². The topological polar surface area (TPSA) is 0 Å². The number of rotatable bonds is 10. The minimum absolute atomic E-state index is 1.02. The lowest BCUT2D eigenvalue weighted by Crippen LogP contribution is -1.78. The van der Waals surface area contributed by atoms with Gasteiger partial charge in [0.15, 0.2) is 0 Å². The lowest BCUT2D eigenvalue weighted by atomic mass is 10.1. The molecule has 0 spiro atoms. The maximum absolute atomic E-state index is 3.16. The van der Waals surface area contributed by atoms with Gasteiger partial charge in [-0.2, -0.15) is 0 Å². The van der Waals surface area contributed by atoms with Crippen LogP contribution in [0.25, 0.3) is 0 Å². The number of hydrogen-bond donors (Lipinski definition) is 0. The molecule has 15 heavy (non-hydrogen) atoms. The summed E-state index contributed by atoms with van der Waals surface area (Å²) in [5.41, 5.74) is 0. The second-order valence-corrected chi connectivity index (χ2v) is 4.06. The summed E-state index contributed by atoms with van der Waals surface area (Å²) in [5.74, 6) is 0. The van der Waals surface area contributed by atoms with E-state index in [9.17, 15) is 0 Å². The summed E-state index contributed by atoms with van der Waals surface area (Å²) < 4.78 is 0. The molecule has 0 N–H and O–H groups in total. The Morgan fingerprint density at radius 3 is 2.20 bits per heavy atom. The zero-order valence-corrected chi connectivity index (χ0v) is 10.6. The average Bonchev–Trinajstić information content (AvgIpc) is 2.26. The summed E-state index contributed by atoms with van der Waals surface area (Å²) in [7, 11) is 0. The third-order valence-electron chi connectivity index (χ3n) is 2.53. The monoisotopic (exact) mass is 207 g/mol. The molecule has 0 aliphatic heterocycles. The first-order valence-corrected chi connectivity index (χ1v) is 6.63. The fraction of sp³-hybridized carbons (Fsp3) is 0.733. The van der Waals surface area contributed by atoms with E-state index in [0.717, 1.165) is 6.42 Å². The van der Waals surface area contributed by atoms with Crippen molar-refractivity contribution in [1.82, 2.24) is 0 Å². The van der Waals surface area contributed by atoms with Gasteiger partial charge in [0, 0.05) is 0 Å². The zero-order valence-electron chi connectivity index (χ0n) is 10.6. The molecule has 0 heteroatoms. The summed E-state index contributed by atoms with van der Waals surface area (Å²) in [6.07, 6.45) is 21.6. The maximum Gasteiger partial charge on any atom is -0.0305 e. The van der Waals surface area contributed by atoms with E-state index in [4.69, 9.17) is 0 Å². The van der Waals surface area contributed by atoms with Crippen molar-refractivity contribution in [3.8, 4) is 0 Å². The van der Waals surface area contributed by atoms with Gasteiger partial charge in [-0.25, -0.2) is 0 Å². The van der Waals surface area contributed by atoms with E-state index in [1.54, 1.807) is 0 Å². The van der Waals surface area contributed by atoms with Crippen molar-refractivity contribution in [2.24, 2.45) is 0 Å². The Hall–Kier alpha value is -0.520. The minimum Gasteiger partial charge on any atom is -0.0845 e. The van der Waals surface area contributed by atoms with Gasteiger partial charge in [0.2, 0.25) is 0 Å². The van der Waals surface area contributed by atoms with Crippen LogP contribution in [0, 0.1) is 6.08 Å². The minimum atomic E-state index is 1.02. The van der Waals surface area contributed by atoms with Gasteiger partial charge >= 0.3 is 0 Å². The van der Waals surface area contributed by atoms with Crippen molar-refractivity contribution >= 4 is 0 Å². The third kappa shape index (κ3) is 13.5. The van der Waals surface area contributed by atoms with Crippen LogP contribution in [0.5, 0.6) is 0 Å². The van der Waals surface area contributed by atoms with Gasteiger partial charge in [0.25, 0.3) is 0 Å². The van der Waals surface area contributed by atoms with Gasteiger partial charge in [-0.05, 0) is 25.3 Å². The molecule has 0 heterocycles. The Morgan fingerprint density at radius 1 is 0.867 bits per heavy atom. The molecule has 0 bridgehead atoms. The highest BCUT2D eigenvalue weighted by molar-refractivity contribution is 4.98. The molecule has 0 aromatic carbocycles. The van der Waals surface area contributed by atoms with Crippen molar-refractivity contribution in [2.45, 2.75) is 71.6 Å². The molecular weight excluding hydrogens is 180 g/mol. The highest BCUT2D eigenvalue weighted by Crippen LogP contribution is 2.08. The molecule has 0 amide bonds. The molecule has 1 radical (unpaired) electrons. The van der Waals surface area contributed by atoms with Gasteiger partial charge in [-0.1, -0.05) is 70.6 Å². The van der Waals surface area contributed by atoms with E-state index >= 15 is 0 Å². The molecule has 0 aliphatic rings. The predicted octanol–water partition coefficient (Wildman–Crippen LogP) is 5.45. The van der Waals surface area contributed by atoms with Crippen LogP contribution in [-0.2, 0) is 0 Å². The SMILES string of the molecule is CC/[C]=C/C=CCCCCCCCCC. The van der Waals surface area contributed by atoms with E-state index in [1.165, 1.54) is 51.4 Å². The van der Waals surface area contributed by atoms with Crippen molar-refractivity contribution in [1.29, 1.82) is 0 Å². The smallest absolute Gasteiger partial charge is 0.0305 e. The van der Waals surface area contributed by atoms with Crippen LogP contribution < -0.4 is 0 Å². The average molecular weight is 207 g/mol. The summed E-state index contributed by atoms with van der Waals surface area (Å²) in [4.78, 5) is 0. The largest absolute Gasteiger partial charge is 0.0845 e. The third-order valence-corrected chi connectivity index (χ3v) is 2.53. The second-order valence-electron chi connectivity index (χ2n) is 4.06. The van der Waals surface area contributed by atoms with Gasteiger partial charge in [-0.3, -0.25) is 0 Å². The molecule has 0 saturated heterocycles. The maximum atomic E-state index is 3.16. The van der Waals surface area contributed by atoms with Crippen LogP contribution in [0.1, 0.15) is 71.6 Å². The molecule has 0 aromatic heterocycles. The van der Waals surface area contributed by atoms with Crippen molar-refractivity contribution in [3.63, 3.8) is 0 Å². The molecule has 0 rings (SSSR count). The zero-order chi connectivity index (χ0) is 11.2. The van der Waals surface area contributed by atoms with E-state index in [0.29, 0.717) is 0 Å². The van der Waals surface area contributed by atoms with Gasteiger partial charge < -0.3 is 0 Å². The molecule has 0 unspecified atom stereocenters. The van der Waals surface area contributed by atoms with Crippen LogP contribution in [-0.4, -0.2) is 0 Å². The molecule has 0 aromatic rings. The highest BCUT2D eigenvalue weighted by Gasteiger charge is 1.88. The number of allylic oxidation sites excluding steroid dienone is 4. The lowest BCUT2D eigenvalue weighted by molar-refractivity contribution is 0.592. The quantitative estimate of drug-likeness (QED) is 0.330. The normalized spacial score (nSPS) is 11.9. The van der Waals surface area contributed by atoms with Gasteiger partial charge in [-0.15, -0.1) is 0 Å². The highest BCUT2D eigenvalue weighted by atomic mass is 13.9. The Labute approximate surface area is 96.5 Å². The van der Waals surface area contributed by atoms with Crippen LogP contribution >= 0.6 is 0 Å². The summed E-state index contributed by atoms with van der Waals surface area (Å²) in [5, 5.41) is 0. The van der Waals surface area contributed by atoms with Crippen LogP contribution in [0.2, 0.25) is 0 Å². The predicted molar refractivity (Wildman–Crippen MR) is 69.9 cm³/mol. The van der Waals surface area contributed by atoms with Gasteiger partial charge in [0.1, 0.15) is 0 Å². The van der Waals surface area contributed by atoms with Crippen LogP contribution in [0.4, 0.5) is 0 Å². The number of unbranched alkanes of at least 4 members (excludes halogenated alkanes) is 7. The van der Waals surface area contributed by atoms with Crippen LogP contribution in [0.3, 0.4) is 0 Å². The molecule has 0 saturated carbocycles. The molecule has 0 nitrogen and oxygen atoms in total. The van der Waals surface area contributed by atoms with Crippen molar-refractivity contribution < 1.29 is 0 Å². The molecule has 0 atom stereocenters. The fourth-order valence-electron chi connectivity index (χ4n) is 1.57. The van der Waals surface area contributed by atoms with Crippen molar-refractivity contribution in [2.75, 3.05) is 0 Å². The van der Waals surface area contributed by atoms with Gasteiger partial charge in [0.05, 0.1) is 0 Å². The Morgan fingerprint density at radius 2 is 1.53 bits per heavy atom. The van der Waals surface area contributed by atoms with E-state index in [-0.39, 0.29) is 0 Å². The lowest BCUT2D eigenvalue weighted by Gasteiger charge is -1.98. The Balaban J connectivity index is 3.04. The van der Waals surface area contributed by atoms with E-state index in [1.807, 2.05) is 6.08 Å². The van der Waals surface area contributed by atoms with E-state index < -0.39 is 0 Å². The first-order chi connectivity index (χ1) is 7.41. The summed E-state index contributed by atoms with van der Waals surface area (Å²) in [6, 6.07) is 0. The Kier molecular flexibility index (Phi) is 13.0. The first kappa shape index (κ1) is 14.5. The standard InChI is InChI=1S/C15H27/c1-3-5-7-9-11-13-15-14-12-10-8-6-4-2/h8,10,12H,3-5,7,9,11,13-15H2,1-2H3. The summed E-state index contributed by atoms with van der Waals surface area (Å²) >= 11 is 0. The Bertz CT molecular complexity index is 153. The second kappa shape index (κ2) is 13.5. The molecular formula is C15H27. The summed E-state index contributed by atoms with van der Waals surface area (Å²) in [6.45, 7) is 4.38. The molecule has 87 valence electrons. The van der Waals surface area contributed by atoms with Crippen molar-refractivity contribution in [3.05, 3.63) is 24.3 Å².